The molecule has 1 fully saturated rings. The Labute approximate surface area is 57.0 Å². The molecule has 0 aromatic carbocycles. The second kappa shape index (κ2) is 1.86. The molecule has 50 valence electrons. The summed E-state index contributed by atoms with van der Waals surface area (Å²) in [6.07, 6.45) is 8.36. The Morgan fingerprint density at radius 1 is 1.44 bits per heavy atom. The van der Waals surface area contributed by atoms with E-state index < -0.39 is 0 Å². The van der Waals surface area contributed by atoms with Crippen LogP contribution in [-0.4, -0.2) is 0 Å². The van der Waals surface area contributed by atoms with Crippen molar-refractivity contribution in [3.8, 4) is 0 Å². The van der Waals surface area contributed by atoms with E-state index in [0.29, 0.717) is 0 Å². The van der Waals surface area contributed by atoms with Crippen molar-refractivity contribution in [2.75, 3.05) is 0 Å². The van der Waals surface area contributed by atoms with E-state index in [1.54, 1.807) is 5.57 Å². The third kappa shape index (κ3) is 0.910. The van der Waals surface area contributed by atoms with E-state index in [4.69, 9.17) is 0 Å². The van der Waals surface area contributed by atoms with Gasteiger partial charge in [-0.05, 0) is 44.4 Å². The van der Waals surface area contributed by atoms with Crippen LogP contribution in [0.4, 0.5) is 0 Å². The van der Waals surface area contributed by atoms with Crippen LogP contribution in [0.25, 0.3) is 0 Å². The van der Waals surface area contributed by atoms with Gasteiger partial charge in [-0.25, -0.2) is 0 Å². The fourth-order valence-electron chi connectivity index (χ4n) is 2.38. The quantitative estimate of drug-likeness (QED) is 0.433. The van der Waals surface area contributed by atoms with Gasteiger partial charge in [-0.2, -0.15) is 0 Å². The summed E-state index contributed by atoms with van der Waals surface area (Å²) in [4.78, 5) is 0. The Balaban J connectivity index is 2.19. The Morgan fingerprint density at radius 2 is 2.33 bits per heavy atom. The van der Waals surface area contributed by atoms with E-state index in [0.717, 1.165) is 11.8 Å². The SMILES string of the molecule is CC1=CC2CCC(C1)C2. The fraction of sp³-hybridized carbons (Fsp3) is 0.778. The second-order valence-corrected chi connectivity index (χ2v) is 3.66. The first kappa shape index (κ1) is 5.52. The van der Waals surface area contributed by atoms with Crippen molar-refractivity contribution < 1.29 is 0 Å². The van der Waals surface area contributed by atoms with Crippen LogP contribution in [0, 0.1) is 11.8 Å². The lowest BCUT2D eigenvalue weighted by Crippen LogP contribution is -2.01. The minimum Gasteiger partial charge on any atom is -0.0825 e. The smallest absolute Gasteiger partial charge is 0.0228 e. The molecule has 2 atom stereocenters. The van der Waals surface area contributed by atoms with E-state index in [1.807, 2.05) is 0 Å². The van der Waals surface area contributed by atoms with Crippen LogP contribution in [0.1, 0.15) is 32.6 Å². The molecule has 0 nitrogen and oxygen atoms in total. The van der Waals surface area contributed by atoms with Gasteiger partial charge in [-0.3, -0.25) is 0 Å². The molecule has 0 amide bonds. The van der Waals surface area contributed by atoms with Crippen LogP contribution >= 0.6 is 0 Å². The van der Waals surface area contributed by atoms with Gasteiger partial charge in [0.05, 0.1) is 0 Å². The van der Waals surface area contributed by atoms with Crippen LogP contribution in [0.5, 0.6) is 0 Å². The summed E-state index contributed by atoms with van der Waals surface area (Å²) >= 11 is 0. The standard InChI is InChI=1S/C9H14/c1-7-4-8-2-3-9(5-7)6-8/h4,8-9H,2-3,5-6H2,1H3. The molecule has 0 aromatic heterocycles. The summed E-state index contributed by atoms with van der Waals surface area (Å²) in [5.74, 6) is 2.05. The zero-order valence-corrected chi connectivity index (χ0v) is 6.06. The molecule has 0 aromatic rings. The number of fused-ring (bicyclic) bond motifs is 2. The lowest BCUT2D eigenvalue weighted by atomic mass is 9.91. The van der Waals surface area contributed by atoms with Gasteiger partial charge in [0.25, 0.3) is 0 Å². The highest BCUT2D eigenvalue weighted by Gasteiger charge is 2.26. The van der Waals surface area contributed by atoms with Crippen molar-refractivity contribution in [3.05, 3.63) is 11.6 Å². The Kier molecular flexibility index (Phi) is 1.14. The highest BCUT2D eigenvalue weighted by molar-refractivity contribution is 5.09. The Hall–Kier alpha value is -0.260. The Bertz CT molecular complexity index is 144. The van der Waals surface area contributed by atoms with Crippen LogP contribution in [0.15, 0.2) is 11.6 Å². The van der Waals surface area contributed by atoms with Crippen LogP contribution in [0.3, 0.4) is 0 Å². The van der Waals surface area contributed by atoms with Gasteiger partial charge in [0, 0.05) is 0 Å². The van der Waals surface area contributed by atoms with E-state index in [-0.39, 0.29) is 0 Å². The maximum absolute atomic E-state index is 2.49. The summed E-state index contributed by atoms with van der Waals surface area (Å²) in [5.41, 5.74) is 1.65. The van der Waals surface area contributed by atoms with E-state index >= 15 is 0 Å². The van der Waals surface area contributed by atoms with Crippen LogP contribution in [-0.2, 0) is 0 Å². The molecule has 2 rings (SSSR count). The molecule has 2 unspecified atom stereocenters. The number of rotatable bonds is 0. The predicted octanol–water partition coefficient (Wildman–Crippen LogP) is 2.75. The van der Waals surface area contributed by atoms with E-state index in [1.165, 1.54) is 25.7 Å². The minimum atomic E-state index is 0.976. The molecule has 0 radical (unpaired) electrons. The Morgan fingerprint density at radius 3 is 3.11 bits per heavy atom. The summed E-state index contributed by atoms with van der Waals surface area (Å²) < 4.78 is 0. The molecule has 0 spiro atoms. The number of allylic oxidation sites excluding steroid dienone is 2. The molecule has 0 heterocycles. The third-order valence-electron chi connectivity index (χ3n) is 2.71. The zero-order chi connectivity index (χ0) is 6.27. The average Bonchev–Trinajstić information content (AvgIpc) is 2.11. The van der Waals surface area contributed by atoms with E-state index in [9.17, 15) is 0 Å². The van der Waals surface area contributed by atoms with Crippen molar-refractivity contribution in [1.82, 2.24) is 0 Å². The highest BCUT2D eigenvalue weighted by Crippen LogP contribution is 2.40. The second-order valence-electron chi connectivity index (χ2n) is 3.66. The van der Waals surface area contributed by atoms with Crippen LogP contribution in [0.2, 0.25) is 0 Å². The maximum Gasteiger partial charge on any atom is -0.0228 e. The molecule has 2 bridgehead atoms. The maximum atomic E-state index is 2.49. The molecular weight excluding hydrogens is 108 g/mol. The first-order valence-corrected chi connectivity index (χ1v) is 4.02. The molecule has 9 heavy (non-hydrogen) atoms. The molecular formula is C9H14. The van der Waals surface area contributed by atoms with Gasteiger partial charge < -0.3 is 0 Å². The third-order valence-corrected chi connectivity index (χ3v) is 2.71. The van der Waals surface area contributed by atoms with Crippen molar-refractivity contribution in [2.24, 2.45) is 11.8 Å². The van der Waals surface area contributed by atoms with Crippen molar-refractivity contribution in [1.29, 1.82) is 0 Å². The summed E-state index contributed by atoms with van der Waals surface area (Å²) in [5, 5.41) is 0. The van der Waals surface area contributed by atoms with Crippen molar-refractivity contribution in [3.63, 3.8) is 0 Å². The highest BCUT2D eigenvalue weighted by atomic mass is 14.3. The van der Waals surface area contributed by atoms with Gasteiger partial charge in [0.2, 0.25) is 0 Å². The summed E-state index contributed by atoms with van der Waals surface area (Å²) in [7, 11) is 0. The predicted molar refractivity (Wildman–Crippen MR) is 39.2 cm³/mol. The van der Waals surface area contributed by atoms with Gasteiger partial charge in [-0.1, -0.05) is 11.6 Å². The molecule has 0 N–H and O–H groups in total. The summed E-state index contributed by atoms with van der Waals surface area (Å²) in [6, 6.07) is 0. The monoisotopic (exact) mass is 122 g/mol. The normalized spacial score (nSPS) is 40.8. The minimum absolute atomic E-state index is 0.976. The lowest BCUT2D eigenvalue weighted by Gasteiger charge is -2.15. The van der Waals surface area contributed by atoms with Crippen molar-refractivity contribution >= 4 is 0 Å². The van der Waals surface area contributed by atoms with Crippen LogP contribution < -0.4 is 0 Å². The molecule has 1 saturated carbocycles. The van der Waals surface area contributed by atoms with Gasteiger partial charge >= 0.3 is 0 Å². The molecule has 0 heteroatoms. The molecule has 2 aliphatic rings. The summed E-state index contributed by atoms with van der Waals surface area (Å²) in [6.45, 7) is 2.28. The van der Waals surface area contributed by atoms with Gasteiger partial charge in [-0.15, -0.1) is 0 Å². The topological polar surface area (TPSA) is 0 Å². The zero-order valence-electron chi connectivity index (χ0n) is 6.06. The average molecular weight is 122 g/mol. The van der Waals surface area contributed by atoms with Crippen molar-refractivity contribution in [2.45, 2.75) is 32.6 Å². The van der Waals surface area contributed by atoms with Gasteiger partial charge in [0.15, 0.2) is 0 Å². The first-order valence-electron chi connectivity index (χ1n) is 4.02. The molecule has 2 aliphatic carbocycles. The number of hydrogen-bond acceptors (Lipinski definition) is 0. The largest absolute Gasteiger partial charge is 0.0825 e. The molecule has 0 aliphatic heterocycles. The first-order chi connectivity index (χ1) is 4.34. The fourth-order valence-corrected chi connectivity index (χ4v) is 2.38. The number of hydrogen-bond donors (Lipinski definition) is 0. The lowest BCUT2D eigenvalue weighted by molar-refractivity contribution is 0.503. The molecule has 0 saturated heterocycles. The van der Waals surface area contributed by atoms with Gasteiger partial charge in [0.1, 0.15) is 0 Å². The van der Waals surface area contributed by atoms with E-state index in [2.05, 4.69) is 13.0 Å².